The van der Waals surface area contributed by atoms with Crippen molar-refractivity contribution in [2.24, 2.45) is 0 Å². The topological polar surface area (TPSA) is 0 Å². The summed E-state index contributed by atoms with van der Waals surface area (Å²) in [6.45, 7) is 7.00. The molecule has 0 N–H and O–H groups in total. The first-order valence-corrected chi connectivity index (χ1v) is 5.55. The predicted octanol–water partition coefficient (Wildman–Crippen LogP) is 3.44. The molecule has 1 heteroatoms. The van der Waals surface area contributed by atoms with Gasteiger partial charge in [0, 0.05) is 12.8 Å². The lowest BCUT2D eigenvalue weighted by atomic mass is 10.4. The Kier molecular flexibility index (Phi) is 4.23. The molecule has 1 nitrogen and oxygen atoms in total. The van der Waals surface area contributed by atoms with Gasteiger partial charge in [0.05, 0.1) is 25.5 Å². The lowest BCUT2D eigenvalue weighted by molar-refractivity contribution is -0.814. The second kappa shape index (κ2) is 5.23. The van der Waals surface area contributed by atoms with E-state index in [4.69, 9.17) is 0 Å². The minimum Gasteiger partial charge on any atom is -0.272 e. The van der Waals surface area contributed by atoms with E-state index >= 15 is 0 Å². The summed E-state index contributed by atoms with van der Waals surface area (Å²) in [5.41, 5.74) is 0. The Morgan fingerprint density at radius 1 is 0.923 bits per heavy atom. The van der Waals surface area contributed by atoms with Gasteiger partial charge in [0.15, 0.2) is 0 Å². The Labute approximate surface area is 82.3 Å². The Morgan fingerprint density at radius 2 is 1.38 bits per heavy atom. The zero-order chi connectivity index (χ0) is 9.57. The highest BCUT2D eigenvalue weighted by molar-refractivity contribution is 4.83. The van der Waals surface area contributed by atoms with Crippen LogP contribution in [0.4, 0.5) is 0 Å². The number of hydrogen-bond acceptors (Lipinski definition) is 0. The van der Waals surface area contributed by atoms with Crippen LogP contribution in [0.5, 0.6) is 0 Å². The highest BCUT2D eigenvalue weighted by atomic mass is 15.3. The van der Waals surface area contributed by atoms with Crippen LogP contribution in [-0.4, -0.2) is 17.6 Å². The van der Waals surface area contributed by atoms with E-state index in [0.29, 0.717) is 0 Å². The summed E-state index contributed by atoms with van der Waals surface area (Å²) >= 11 is 0. The van der Waals surface area contributed by atoms with Gasteiger partial charge < -0.3 is 0 Å². The van der Waals surface area contributed by atoms with Crippen molar-refractivity contribution in [1.82, 2.24) is 0 Å². The van der Waals surface area contributed by atoms with Gasteiger partial charge in [-0.2, -0.15) is 0 Å². The molecule has 1 aliphatic heterocycles. The van der Waals surface area contributed by atoms with Crippen LogP contribution in [-0.2, 0) is 0 Å². The molecule has 0 aromatic heterocycles. The molecule has 0 spiro atoms. The molecule has 13 heavy (non-hydrogen) atoms. The normalized spacial score (nSPS) is 22.0. The summed E-state index contributed by atoms with van der Waals surface area (Å²) in [6, 6.07) is 0. The van der Waals surface area contributed by atoms with Gasteiger partial charge in [-0.15, -0.1) is 0 Å². The van der Waals surface area contributed by atoms with Crippen LogP contribution < -0.4 is 0 Å². The summed E-state index contributed by atoms with van der Waals surface area (Å²) < 4.78 is 1.10. The van der Waals surface area contributed by atoms with Crippen LogP contribution >= 0.6 is 0 Å². The van der Waals surface area contributed by atoms with E-state index in [-0.39, 0.29) is 0 Å². The highest BCUT2D eigenvalue weighted by Gasteiger charge is 2.26. The minimum absolute atomic E-state index is 1.10. The minimum atomic E-state index is 1.10. The third-order valence-electron chi connectivity index (χ3n) is 2.67. The predicted molar refractivity (Wildman–Crippen MR) is 58.1 cm³/mol. The molecule has 1 aliphatic rings. The van der Waals surface area contributed by atoms with E-state index in [9.17, 15) is 0 Å². The summed E-state index contributed by atoms with van der Waals surface area (Å²) in [4.78, 5) is 0. The van der Waals surface area contributed by atoms with Crippen molar-refractivity contribution in [3.63, 3.8) is 0 Å². The monoisotopic (exact) mass is 180 g/mol. The summed E-state index contributed by atoms with van der Waals surface area (Å²) in [7, 11) is 0. The Hall–Kier alpha value is -0.560. The summed E-state index contributed by atoms with van der Waals surface area (Å²) in [5.74, 6) is 0. The van der Waals surface area contributed by atoms with Gasteiger partial charge in [-0.1, -0.05) is 13.8 Å². The molecule has 1 heterocycles. The molecule has 0 atom stereocenters. The van der Waals surface area contributed by atoms with Crippen molar-refractivity contribution in [1.29, 1.82) is 0 Å². The fraction of sp³-hybridized carbons (Fsp3) is 0.667. The van der Waals surface area contributed by atoms with E-state index in [2.05, 4.69) is 38.4 Å². The van der Waals surface area contributed by atoms with Crippen LogP contribution in [0.3, 0.4) is 0 Å². The average Bonchev–Trinajstić information content (AvgIpc) is 2.61. The molecule has 0 aliphatic carbocycles. The Balaban J connectivity index is 2.63. The SMILES string of the molecule is CC/C=C/[N+]1(/C=C/CC)CCCC1. The maximum Gasteiger partial charge on any atom is 0.0964 e. The molecule has 0 bridgehead atoms. The number of rotatable bonds is 4. The third kappa shape index (κ3) is 3.00. The second-order valence-electron chi connectivity index (χ2n) is 3.84. The van der Waals surface area contributed by atoms with E-state index < -0.39 is 0 Å². The van der Waals surface area contributed by atoms with Crippen molar-refractivity contribution < 1.29 is 4.48 Å². The molecular formula is C12H22N+. The lowest BCUT2D eigenvalue weighted by Gasteiger charge is -2.24. The van der Waals surface area contributed by atoms with Crippen molar-refractivity contribution in [2.75, 3.05) is 13.1 Å². The quantitative estimate of drug-likeness (QED) is 0.581. The molecule has 0 radical (unpaired) electrons. The molecule has 0 unspecified atom stereocenters. The molecule has 0 aromatic rings. The van der Waals surface area contributed by atoms with Crippen LogP contribution in [0.15, 0.2) is 24.6 Å². The first kappa shape index (κ1) is 10.5. The van der Waals surface area contributed by atoms with Crippen molar-refractivity contribution >= 4 is 0 Å². The number of hydrogen-bond donors (Lipinski definition) is 0. The van der Waals surface area contributed by atoms with Gasteiger partial charge in [0.2, 0.25) is 0 Å². The first-order chi connectivity index (χ1) is 6.33. The highest BCUT2D eigenvalue weighted by Crippen LogP contribution is 2.21. The first-order valence-electron chi connectivity index (χ1n) is 5.55. The van der Waals surface area contributed by atoms with Crippen LogP contribution in [0.1, 0.15) is 39.5 Å². The largest absolute Gasteiger partial charge is 0.272 e. The molecule has 0 saturated carbocycles. The zero-order valence-corrected chi connectivity index (χ0v) is 9.00. The van der Waals surface area contributed by atoms with Gasteiger partial charge in [0.25, 0.3) is 0 Å². The number of nitrogens with zero attached hydrogens (tertiary/aromatic N) is 1. The lowest BCUT2D eigenvalue weighted by Crippen LogP contribution is -2.32. The maximum atomic E-state index is 2.37. The van der Waals surface area contributed by atoms with Crippen molar-refractivity contribution in [3.05, 3.63) is 24.6 Å². The maximum absolute atomic E-state index is 2.37. The van der Waals surface area contributed by atoms with Crippen LogP contribution in [0, 0.1) is 0 Å². The van der Waals surface area contributed by atoms with Crippen LogP contribution in [0.2, 0.25) is 0 Å². The number of likely N-dealkylation sites (tertiary alicyclic amines) is 1. The van der Waals surface area contributed by atoms with E-state index in [0.717, 1.165) is 17.3 Å². The van der Waals surface area contributed by atoms with Gasteiger partial charge in [-0.3, -0.25) is 4.48 Å². The van der Waals surface area contributed by atoms with Crippen LogP contribution in [0.25, 0.3) is 0 Å². The van der Waals surface area contributed by atoms with Gasteiger partial charge in [-0.25, -0.2) is 0 Å². The number of quaternary nitrogens is 1. The van der Waals surface area contributed by atoms with Crippen molar-refractivity contribution in [2.45, 2.75) is 39.5 Å². The van der Waals surface area contributed by atoms with E-state index in [1.165, 1.54) is 25.9 Å². The fourth-order valence-corrected chi connectivity index (χ4v) is 1.90. The molecule has 0 amide bonds. The zero-order valence-electron chi connectivity index (χ0n) is 9.00. The van der Waals surface area contributed by atoms with Gasteiger partial charge in [0.1, 0.15) is 0 Å². The van der Waals surface area contributed by atoms with E-state index in [1.807, 2.05) is 0 Å². The molecule has 1 saturated heterocycles. The average molecular weight is 180 g/mol. The smallest absolute Gasteiger partial charge is 0.0964 e. The summed E-state index contributed by atoms with van der Waals surface area (Å²) in [5, 5.41) is 0. The Bertz CT molecular complexity index is 169. The standard InChI is InChI=1S/C12H22N/c1-3-5-9-13(10-6-4-2)11-7-8-12-13/h5-6,9-10H,3-4,7-8,11-12H2,1-2H3/q+1/b9-5+,10-6+. The molecule has 0 aromatic carbocycles. The fourth-order valence-electron chi connectivity index (χ4n) is 1.90. The third-order valence-corrected chi connectivity index (χ3v) is 2.67. The van der Waals surface area contributed by atoms with Crippen molar-refractivity contribution in [3.8, 4) is 0 Å². The molecular weight excluding hydrogens is 158 g/mol. The second-order valence-corrected chi connectivity index (χ2v) is 3.84. The van der Waals surface area contributed by atoms with E-state index in [1.54, 1.807) is 0 Å². The number of allylic oxidation sites excluding steroid dienone is 2. The van der Waals surface area contributed by atoms with Gasteiger partial charge >= 0.3 is 0 Å². The Morgan fingerprint density at radius 3 is 1.77 bits per heavy atom. The molecule has 1 fully saturated rings. The molecule has 74 valence electrons. The molecule has 1 rings (SSSR count). The summed E-state index contributed by atoms with van der Waals surface area (Å²) in [6.07, 6.45) is 14.4. The van der Waals surface area contributed by atoms with Gasteiger partial charge in [-0.05, 0) is 25.0 Å².